The van der Waals surface area contributed by atoms with Gasteiger partial charge in [0.1, 0.15) is 6.04 Å². The molecule has 0 amide bonds. The molecule has 0 aliphatic carbocycles. The zero-order valence-corrected chi connectivity index (χ0v) is 11.5. The summed E-state index contributed by atoms with van der Waals surface area (Å²) in [7, 11) is 0. The second-order valence-electron chi connectivity index (χ2n) is 4.16. The van der Waals surface area contributed by atoms with Crippen molar-refractivity contribution in [3.05, 3.63) is 39.3 Å². The normalized spacial score (nSPS) is 14.8. The lowest BCUT2D eigenvalue weighted by Crippen LogP contribution is -2.32. The average molecular weight is 270 g/mol. The van der Waals surface area contributed by atoms with Gasteiger partial charge in [-0.1, -0.05) is 18.5 Å². The predicted octanol–water partition coefficient (Wildman–Crippen LogP) is 3.23. The number of hydrogen-bond donors (Lipinski definition) is 1. The van der Waals surface area contributed by atoms with Gasteiger partial charge in [-0.2, -0.15) is 5.10 Å². The third-order valence-electron chi connectivity index (χ3n) is 2.78. The standard InChI is InChI=1S/C12H16ClN3S/c1-3-9(14)12(10-4-5-11(13)17-10)16-7-8(2)6-15-16/h4-7,9,12H,3,14H2,1-2H3. The van der Waals surface area contributed by atoms with Gasteiger partial charge in [0, 0.05) is 17.1 Å². The van der Waals surface area contributed by atoms with Gasteiger partial charge >= 0.3 is 0 Å². The fraction of sp³-hybridized carbons (Fsp3) is 0.417. The lowest BCUT2D eigenvalue weighted by atomic mass is 10.1. The van der Waals surface area contributed by atoms with Crippen molar-refractivity contribution < 1.29 is 0 Å². The quantitative estimate of drug-likeness (QED) is 0.926. The summed E-state index contributed by atoms with van der Waals surface area (Å²) in [5.41, 5.74) is 7.34. The van der Waals surface area contributed by atoms with Crippen LogP contribution in [0.3, 0.4) is 0 Å². The van der Waals surface area contributed by atoms with Crippen LogP contribution in [0.5, 0.6) is 0 Å². The molecule has 2 aromatic heterocycles. The molecule has 0 saturated carbocycles. The molecule has 5 heteroatoms. The largest absolute Gasteiger partial charge is 0.326 e. The highest BCUT2D eigenvalue weighted by Crippen LogP contribution is 2.31. The number of halogens is 1. The minimum atomic E-state index is 0.0454. The van der Waals surface area contributed by atoms with Crippen LogP contribution in [-0.4, -0.2) is 15.8 Å². The Morgan fingerprint density at radius 1 is 1.53 bits per heavy atom. The highest BCUT2D eigenvalue weighted by molar-refractivity contribution is 7.16. The Morgan fingerprint density at radius 3 is 2.76 bits per heavy atom. The van der Waals surface area contributed by atoms with E-state index >= 15 is 0 Å². The average Bonchev–Trinajstić information content (AvgIpc) is 2.89. The highest BCUT2D eigenvalue weighted by Gasteiger charge is 2.22. The van der Waals surface area contributed by atoms with Crippen molar-refractivity contribution in [2.24, 2.45) is 5.73 Å². The van der Waals surface area contributed by atoms with Gasteiger partial charge in [0.05, 0.1) is 10.5 Å². The molecule has 0 spiro atoms. The fourth-order valence-electron chi connectivity index (χ4n) is 1.83. The van der Waals surface area contributed by atoms with Crippen LogP contribution in [-0.2, 0) is 0 Å². The fourth-order valence-corrected chi connectivity index (χ4v) is 3.06. The number of nitrogens with zero attached hydrogens (tertiary/aromatic N) is 2. The molecule has 2 atom stereocenters. The summed E-state index contributed by atoms with van der Waals surface area (Å²) in [5, 5.41) is 4.37. The maximum Gasteiger partial charge on any atom is 0.101 e. The maximum absolute atomic E-state index is 6.20. The molecule has 2 aromatic rings. The lowest BCUT2D eigenvalue weighted by molar-refractivity contribution is 0.429. The Labute approximate surface area is 110 Å². The third kappa shape index (κ3) is 2.70. The van der Waals surface area contributed by atoms with Gasteiger partial charge in [0.15, 0.2) is 0 Å². The van der Waals surface area contributed by atoms with Gasteiger partial charge in [0.2, 0.25) is 0 Å². The number of aryl methyl sites for hydroxylation is 1. The SMILES string of the molecule is CCC(N)C(c1ccc(Cl)s1)n1cc(C)cn1. The van der Waals surface area contributed by atoms with Crippen molar-refractivity contribution in [1.29, 1.82) is 0 Å². The Kier molecular flexibility index (Phi) is 3.86. The van der Waals surface area contributed by atoms with E-state index in [1.807, 2.05) is 36.1 Å². The van der Waals surface area contributed by atoms with Crippen LogP contribution >= 0.6 is 22.9 Å². The Morgan fingerprint density at radius 2 is 2.29 bits per heavy atom. The van der Waals surface area contributed by atoms with Crippen LogP contribution in [0.4, 0.5) is 0 Å². The number of nitrogens with two attached hydrogens (primary N) is 1. The summed E-state index contributed by atoms with van der Waals surface area (Å²) in [6, 6.07) is 4.06. The summed E-state index contributed by atoms with van der Waals surface area (Å²) in [6.45, 7) is 4.11. The molecule has 0 bridgehead atoms. The molecule has 92 valence electrons. The number of thiophene rings is 1. The molecule has 2 unspecified atom stereocenters. The molecule has 0 radical (unpaired) electrons. The van der Waals surface area contributed by atoms with Crippen LogP contribution in [0.15, 0.2) is 24.5 Å². The summed E-state index contributed by atoms with van der Waals surface area (Å²) >= 11 is 7.56. The van der Waals surface area contributed by atoms with Gasteiger partial charge in [-0.25, -0.2) is 0 Å². The molecule has 0 aromatic carbocycles. The van der Waals surface area contributed by atoms with Crippen LogP contribution in [0, 0.1) is 6.92 Å². The van der Waals surface area contributed by atoms with Gasteiger partial charge in [-0.05, 0) is 31.0 Å². The van der Waals surface area contributed by atoms with Gasteiger partial charge in [-0.15, -0.1) is 11.3 Å². The monoisotopic (exact) mass is 269 g/mol. The van der Waals surface area contributed by atoms with Gasteiger partial charge in [0.25, 0.3) is 0 Å². The Hall–Kier alpha value is -0.840. The molecule has 0 aliphatic heterocycles. The molecular weight excluding hydrogens is 254 g/mol. The minimum Gasteiger partial charge on any atom is -0.326 e. The first-order chi connectivity index (χ1) is 8.11. The van der Waals surface area contributed by atoms with E-state index in [2.05, 4.69) is 12.0 Å². The van der Waals surface area contributed by atoms with E-state index < -0.39 is 0 Å². The molecule has 3 nitrogen and oxygen atoms in total. The zero-order chi connectivity index (χ0) is 12.4. The molecule has 0 aliphatic rings. The van der Waals surface area contributed by atoms with E-state index in [9.17, 15) is 0 Å². The first kappa shape index (κ1) is 12.6. The molecule has 0 saturated heterocycles. The first-order valence-corrected chi connectivity index (χ1v) is 6.83. The smallest absolute Gasteiger partial charge is 0.101 e. The van der Waals surface area contributed by atoms with Gasteiger partial charge < -0.3 is 5.73 Å². The lowest BCUT2D eigenvalue weighted by Gasteiger charge is -2.22. The summed E-state index contributed by atoms with van der Waals surface area (Å²) in [6.07, 6.45) is 4.78. The molecule has 2 rings (SSSR count). The van der Waals surface area contributed by atoms with Crippen molar-refractivity contribution >= 4 is 22.9 Å². The van der Waals surface area contributed by atoms with Crippen molar-refractivity contribution in [1.82, 2.24) is 9.78 Å². The molecule has 2 N–H and O–H groups in total. The van der Waals surface area contributed by atoms with Crippen molar-refractivity contribution in [3.8, 4) is 0 Å². The van der Waals surface area contributed by atoms with Crippen molar-refractivity contribution in [3.63, 3.8) is 0 Å². The van der Waals surface area contributed by atoms with E-state index in [1.165, 1.54) is 0 Å². The molecule has 17 heavy (non-hydrogen) atoms. The van der Waals surface area contributed by atoms with Crippen molar-refractivity contribution in [2.45, 2.75) is 32.4 Å². The minimum absolute atomic E-state index is 0.0454. The van der Waals surface area contributed by atoms with E-state index in [0.29, 0.717) is 0 Å². The third-order valence-corrected chi connectivity index (χ3v) is 4.08. The van der Waals surface area contributed by atoms with Crippen LogP contribution in [0.25, 0.3) is 0 Å². The van der Waals surface area contributed by atoms with Crippen molar-refractivity contribution in [2.75, 3.05) is 0 Å². The van der Waals surface area contributed by atoms with E-state index in [4.69, 9.17) is 17.3 Å². The summed E-state index contributed by atoms with van der Waals surface area (Å²) in [4.78, 5) is 1.16. The number of hydrogen-bond acceptors (Lipinski definition) is 3. The second-order valence-corrected chi connectivity index (χ2v) is 5.90. The second kappa shape index (κ2) is 5.21. The van der Waals surface area contributed by atoms with E-state index in [0.717, 1.165) is 21.2 Å². The molecule has 0 fully saturated rings. The Bertz CT molecular complexity index is 451. The maximum atomic E-state index is 6.20. The van der Waals surface area contributed by atoms with Gasteiger partial charge in [-0.3, -0.25) is 4.68 Å². The zero-order valence-electron chi connectivity index (χ0n) is 9.93. The van der Waals surface area contributed by atoms with Crippen LogP contribution in [0.1, 0.15) is 29.8 Å². The summed E-state index contributed by atoms with van der Waals surface area (Å²) < 4.78 is 2.73. The summed E-state index contributed by atoms with van der Waals surface area (Å²) in [5.74, 6) is 0. The van der Waals surface area contributed by atoms with Crippen LogP contribution in [0.2, 0.25) is 4.34 Å². The topological polar surface area (TPSA) is 43.8 Å². The van der Waals surface area contributed by atoms with Crippen LogP contribution < -0.4 is 5.73 Å². The van der Waals surface area contributed by atoms with E-state index in [1.54, 1.807) is 11.3 Å². The molecular formula is C12H16ClN3S. The molecule has 2 heterocycles. The number of aromatic nitrogens is 2. The Balaban J connectivity index is 2.38. The number of rotatable bonds is 4. The highest BCUT2D eigenvalue weighted by atomic mass is 35.5. The first-order valence-electron chi connectivity index (χ1n) is 5.63. The predicted molar refractivity (Wildman–Crippen MR) is 72.7 cm³/mol. The van der Waals surface area contributed by atoms with E-state index in [-0.39, 0.29) is 12.1 Å².